The third kappa shape index (κ3) is 4.20. The zero-order valence-corrected chi connectivity index (χ0v) is 17.0. The molecule has 3 aromatic rings. The number of fused-ring (bicyclic) bond motifs is 1. The van der Waals surface area contributed by atoms with E-state index in [0.717, 1.165) is 11.3 Å². The summed E-state index contributed by atoms with van der Waals surface area (Å²) in [6.07, 6.45) is 0.700. The molecule has 3 rings (SSSR count). The summed E-state index contributed by atoms with van der Waals surface area (Å²) in [4.78, 5) is 17.6. The summed E-state index contributed by atoms with van der Waals surface area (Å²) in [6, 6.07) is 7.28. The maximum Gasteiger partial charge on any atom is 0.262 e. The maximum atomic E-state index is 13.0. The van der Waals surface area contributed by atoms with Gasteiger partial charge in [0.2, 0.25) is 5.95 Å². The van der Waals surface area contributed by atoms with Gasteiger partial charge in [-0.05, 0) is 50.9 Å². The molecule has 9 heteroatoms. The van der Waals surface area contributed by atoms with Gasteiger partial charge in [-0.25, -0.2) is 10.4 Å². The van der Waals surface area contributed by atoms with Crippen LogP contribution in [0.5, 0.6) is 0 Å². The van der Waals surface area contributed by atoms with Crippen LogP contribution in [0.15, 0.2) is 34.2 Å². The lowest BCUT2D eigenvalue weighted by Crippen LogP contribution is -2.25. The number of aromatic nitrogens is 3. The molecular weight excluding hydrogens is 376 g/mol. The zero-order chi connectivity index (χ0) is 20.1. The second-order valence-electron chi connectivity index (χ2n) is 6.28. The Hall–Kier alpha value is -2.78. The summed E-state index contributed by atoms with van der Waals surface area (Å²) >= 11 is 1.24. The van der Waals surface area contributed by atoms with E-state index >= 15 is 0 Å². The fourth-order valence-corrected chi connectivity index (χ4v) is 3.66. The molecule has 0 spiro atoms. The molecule has 2 aromatic heterocycles. The van der Waals surface area contributed by atoms with Crippen LogP contribution in [-0.4, -0.2) is 32.9 Å². The number of para-hydroxylation sites is 1. The molecule has 3 N–H and O–H groups in total. The Morgan fingerprint density at radius 1 is 1.39 bits per heavy atom. The van der Waals surface area contributed by atoms with E-state index in [9.17, 15) is 4.79 Å². The highest BCUT2D eigenvalue weighted by Gasteiger charge is 2.13. The van der Waals surface area contributed by atoms with E-state index in [0.29, 0.717) is 53.7 Å². The summed E-state index contributed by atoms with van der Waals surface area (Å²) in [5.41, 5.74) is 11.8. The van der Waals surface area contributed by atoms with Crippen molar-refractivity contribution in [3.05, 3.63) is 45.9 Å². The van der Waals surface area contributed by atoms with Crippen molar-refractivity contribution in [2.75, 3.05) is 24.4 Å². The van der Waals surface area contributed by atoms with Crippen molar-refractivity contribution in [1.82, 2.24) is 13.9 Å². The molecule has 8 nitrogen and oxygen atoms in total. The van der Waals surface area contributed by atoms with Gasteiger partial charge in [-0.3, -0.25) is 9.36 Å². The normalized spacial score (nSPS) is 11.9. The number of rotatable bonds is 8. The van der Waals surface area contributed by atoms with Crippen LogP contribution in [0.25, 0.3) is 10.9 Å². The van der Waals surface area contributed by atoms with E-state index in [1.807, 2.05) is 39.0 Å². The topological polar surface area (TPSA) is 107 Å². The Morgan fingerprint density at radius 2 is 2.18 bits per heavy atom. The Morgan fingerprint density at radius 3 is 2.89 bits per heavy atom. The van der Waals surface area contributed by atoms with E-state index in [-0.39, 0.29) is 5.56 Å². The number of benzene rings is 1. The van der Waals surface area contributed by atoms with E-state index in [2.05, 4.69) is 19.9 Å². The quantitative estimate of drug-likeness (QED) is 0.342. The van der Waals surface area contributed by atoms with Crippen LogP contribution in [0.3, 0.4) is 0 Å². The summed E-state index contributed by atoms with van der Waals surface area (Å²) in [7, 11) is 0. The average molecular weight is 401 g/mol. The molecule has 0 saturated heterocycles. The van der Waals surface area contributed by atoms with Crippen molar-refractivity contribution in [3.63, 3.8) is 0 Å². The molecule has 0 saturated carbocycles. The van der Waals surface area contributed by atoms with Crippen molar-refractivity contribution in [2.24, 2.45) is 5.10 Å². The van der Waals surface area contributed by atoms with Gasteiger partial charge in [0.25, 0.3) is 5.56 Å². The SMILES string of the molecule is CCOCCCn1c(N/N=C(/C)c2c(C)nsc2N)nc2ccccc2c1=O. The number of hydrogen-bond acceptors (Lipinski definition) is 8. The summed E-state index contributed by atoms with van der Waals surface area (Å²) in [6.45, 7) is 7.39. The molecule has 1 aromatic carbocycles. The molecule has 0 unspecified atom stereocenters. The second kappa shape index (κ2) is 8.94. The van der Waals surface area contributed by atoms with Crippen LogP contribution < -0.4 is 16.7 Å². The summed E-state index contributed by atoms with van der Waals surface area (Å²) in [5.74, 6) is 0.388. The van der Waals surface area contributed by atoms with Crippen molar-refractivity contribution in [2.45, 2.75) is 33.7 Å². The van der Waals surface area contributed by atoms with Crippen molar-refractivity contribution >= 4 is 39.1 Å². The van der Waals surface area contributed by atoms with Gasteiger partial charge >= 0.3 is 0 Å². The lowest BCUT2D eigenvalue weighted by molar-refractivity contribution is 0.141. The maximum absolute atomic E-state index is 13.0. The average Bonchev–Trinajstić information content (AvgIpc) is 3.03. The number of aryl methyl sites for hydroxylation is 1. The van der Waals surface area contributed by atoms with Crippen LogP contribution in [-0.2, 0) is 11.3 Å². The lowest BCUT2D eigenvalue weighted by atomic mass is 10.2. The molecule has 0 amide bonds. The zero-order valence-electron chi connectivity index (χ0n) is 16.2. The van der Waals surface area contributed by atoms with E-state index in [4.69, 9.17) is 10.5 Å². The minimum atomic E-state index is -0.106. The van der Waals surface area contributed by atoms with Crippen molar-refractivity contribution in [1.29, 1.82) is 0 Å². The van der Waals surface area contributed by atoms with Crippen LogP contribution in [0, 0.1) is 6.92 Å². The summed E-state index contributed by atoms with van der Waals surface area (Å²) in [5, 5.41) is 5.60. The standard InChI is InChI=1S/C19H24N6O2S/c1-4-27-11-7-10-25-18(26)14-8-5-6-9-15(14)21-19(25)23-22-12(2)16-13(3)24-28-17(16)20/h5-6,8-9H,4,7,10-11,20H2,1-3H3,(H,21,23)/b22-12-. The number of hydrogen-bond donors (Lipinski definition) is 2. The second-order valence-corrected chi connectivity index (χ2v) is 7.08. The van der Waals surface area contributed by atoms with Gasteiger partial charge in [0.1, 0.15) is 5.00 Å². The molecule has 0 aliphatic carbocycles. The Bertz CT molecular complexity index is 1040. The van der Waals surface area contributed by atoms with Crippen LogP contribution in [0.1, 0.15) is 31.5 Å². The van der Waals surface area contributed by atoms with Gasteiger partial charge in [-0.1, -0.05) is 12.1 Å². The highest BCUT2D eigenvalue weighted by Crippen LogP contribution is 2.21. The molecule has 0 aliphatic heterocycles. The fraction of sp³-hybridized carbons (Fsp3) is 0.368. The molecule has 2 heterocycles. The van der Waals surface area contributed by atoms with Crippen molar-refractivity contribution in [3.8, 4) is 0 Å². The third-order valence-corrected chi connectivity index (χ3v) is 5.08. The van der Waals surface area contributed by atoms with Gasteiger partial charge in [-0.2, -0.15) is 9.47 Å². The number of nitrogens with two attached hydrogens (primary N) is 1. The molecule has 0 aliphatic rings. The van der Waals surface area contributed by atoms with Crippen LogP contribution in [0.4, 0.5) is 10.9 Å². The molecule has 28 heavy (non-hydrogen) atoms. The number of hydrazone groups is 1. The fourth-order valence-electron chi connectivity index (χ4n) is 2.95. The van der Waals surface area contributed by atoms with Crippen LogP contribution >= 0.6 is 11.5 Å². The number of nitrogens with zero attached hydrogens (tertiary/aromatic N) is 4. The number of nitrogen functional groups attached to an aromatic ring is 1. The lowest BCUT2D eigenvalue weighted by Gasteiger charge is -2.13. The predicted octanol–water partition coefficient (Wildman–Crippen LogP) is 3.01. The van der Waals surface area contributed by atoms with Gasteiger partial charge in [0.05, 0.1) is 27.9 Å². The van der Waals surface area contributed by atoms with Gasteiger partial charge in [0.15, 0.2) is 0 Å². The Balaban J connectivity index is 1.96. The van der Waals surface area contributed by atoms with E-state index < -0.39 is 0 Å². The predicted molar refractivity (Wildman–Crippen MR) is 114 cm³/mol. The molecule has 0 fully saturated rings. The molecule has 148 valence electrons. The Labute approximate surface area is 167 Å². The smallest absolute Gasteiger partial charge is 0.262 e. The number of anilines is 2. The summed E-state index contributed by atoms with van der Waals surface area (Å²) < 4.78 is 11.2. The first-order valence-corrected chi connectivity index (χ1v) is 9.90. The van der Waals surface area contributed by atoms with Crippen molar-refractivity contribution < 1.29 is 4.74 Å². The van der Waals surface area contributed by atoms with Gasteiger partial charge < -0.3 is 10.5 Å². The van der Waals surface area contributed by atoms with Gasteiger partial charge in [-0.15, -0.1) is 0 Å². The number of nitrogens with one attached hydrogen (secondary N) is 1. The highest BCUT2D eigenvalue weighted by atomic mass is 32.1. The van der Waals surface area contributed by atoms with E-state index in [1.165, 1.54) is 11.5 Å². The first-order chi connectivity index (χ1) is 13.5. The monoisotopic (exact) mass is 400 g/mol. The number of ether oxygens (including phenoxy) is 1. The minimum Gasteiger partial charge on any atom is -0.389 e. The first kappa shape index (κ1) is 20.0. The first-order valence-electron chi connectivity index (χ1n) is 9.12. The molecular formula is C19H24N6O2S. The molecule has 0 radical (unpaired) electrons. The Kier molecular flexibility index (Phi) is 6.37. The minimum absolute atomic E-state index is 0.106. The van der Waals surface area contributed by atoms with Gasteiger partial charge in [0, 0.05) is 19.8 Å². The highest BCUT2D eigenvalue weighted by molar-refractivity contribution is 7.10. The molecule has 0 bridgehead atoms. The third-order valence-electron chi connectivity index (χ3n) is 4.31. The largest absolute Gasteiger partial charge is 0.389 e. The molecule has 0 atom stereocenters. The van der Waals surface area contributed by atoms with Crippen LogP contribution in [0.2, 0.25) is 0 Å². The van der Waals surface area contributed by atoms with E-state index in [1.54, 1.807) is 10.6 Å².